The van der Waals surface area contributed by atoms with E-state index >= 15 is 0 Å². The van der Waals surface area contributed by atoms with Crippen molar-refractivity contribution in [2.45, 2.75) is 261 Å². The van der Waals surface area contributed by atoms with Crippen molar-refractivity contribution in [3.8, 4) is 0 Å². The van der Waals surface area contributed by atoms with E-state index in [1.165, 1.54) is 128 Å². The van der Waals surface area contributed by atoms with Gasteiger partial charge in [-0.25, -0.2) is 4.57 Å². The minimum absolute atomic E-state index is 0.253. The van der Waals surface area contributed by atoms with E-state index in [1.807, 2.05) is 0 Å². The second kappa shape index (κ2) is 38.6. The van der Waals surface area contributed by atoms with Crippen LogP contribution in [0.2, 0.25) is 0 Å². The minimum Gasteiger partial charge on any atom is -0.393 e. The Balaban J connectivity index is 2.52. The Bertz CT molecular complexity index is 1220. The summed E-state index contributed by atoms with van der Waals surface area (Å²) in [5, 5.41) is 74.5. The molecule has 0 aromatic rings. The lowest BCUT2D eigenvalue weighted by molar-refractivity contribution is -0.220. The van der Waals surface area contributed by atoms with E-state index in [2.05, 4.69) is 43.5 Å². The normalized spacial score (nSPS) is 23.1. The van der Waals surface area contributed by atoms with Crippen LogP contribution in [0.5, 0.6) is 0 Å². The van der Waals surface area contributed by atoms with Crippen molar-refractivity contribution in [1.29, 1.82) is 0 Å². The van der Waals surface area contributed by atoms with Gasteiger partial charge < -0.3 is 46.0 Å². The second-order valence-corrected chi connectivity index (χ2v) is 19.2. The number of hydrogen-bond acceptors (Lipinski definition) is 11. The summed E-state index contributed by atoms with van der Waals surface area (Å²) in [6, 6.07) is -1.26. The molecule has 0 bridgehead atoms. The van der Waals surface area contributed by atoms with Gasteiger partial charge in [0.05, 0.1) is 31.3 Å². The van der Waals surface area contributed by atoms with Crippen LogP contribution in [0.1, 0.15) is 206 Å². The SMILES string of the molecule is CCCCCCC/C=C/CC/C=C/CC/C=C/C(O)C(COP(=O)(O)OC1C(O)C(O)C(O)C(O)C1O)NC(=O)CC(O)CCCCCCCCCCCCCCCCCCCC. The van der Waals surface area contributed by atoms with Crippen LogP contribution in [-0.4, -0.2) is 108 Å². The van der Waals surface area contributed by atoms with E-state index in [0.717, 1.165) is 44.9 Å². The molecule has 9 N–H and O–H groups in total. The van der Waals surface area contributed by atoms with Crippen molar-refractivity contribution in [3.05, 3.63) is 36.5 Å². The van der Waals surface area contributed by atoms with Gasteiger partial charge in [0, 0.05) is 0 Å². The first kappa shape index (κ1) is 59.5. The number of rotatable bonds is 41. The zero-order chi connectivity index (χ0) is 46.6. The van der Waals surface area contributed by atoms with Crippen LogP contribution >= 0.6 is 7.82 Å². The Hall–Kier alpha value is -1.48. The molecule has 0 aromatic carbocycles. The third kappa shape index (κ3) is 30.4. The van der Waals surface area contributed by atoms with Gasteiger partial charge in [0.2, 0.25) is 5.91 Å². The molecule has 1 amide bonds. The van der Waals surface area contributed by atoms with Gasteiger partial charge in [-0.1, -0.05) is 192 Å². The molecule has 0 aromatic heterocycles. The van der Waals surface area contributed by atoms with Crippen molar-refractivity contribution < 1.29 is 59.0 Å². The number of amides is 1. The maximum absolute atomic E-state index is 13.0. The van der Waals surface area contributed by atoms with Gasteiger partial charge >= 0.3 is 7.82 Å². The van der Waals surface area contributed by atoms with Crippen LogP contribution in [0.15, 0.2) is 36.5 Å². The maximum Gasteiger partial charge on any atom is 0.472 e. The average Bonchev–Trinajstić information content (AvgIpc) is 3.26. The number of phosphoric ester groups is 1. The molecule has 0 aliphatic heterocycles. The first-order valence-corrected chi connectivity index (χ1v) is 26.5. The first-order chi connectivity index (χ1) is 30.3. The number of carbonyl (C=O) groups is 1. The molecule has 0 saturated heterocycles. The Morgan fingerprint density at radius 3 is 1.40 bits per heavy atom. The highest BCUT2D eigenvalue weighted by Gasteiger charge is 2.51. The lowest BCUT2D eigenvalue weighted by Gasteiger charge is -2.41. The lowest BCUT2D eigenvalue weighted by Crippen LogP contribution is -2.64. The molecule has 1 aliphatic carbocycles. The van der Waals surface area contributed by atoms with E-state index in [1.54, 1.807) is 6.08 Å². The van der Waals surface area contributed by atoms with Crippen LogP contribution in [0.4, 0.5) is 0 Å². The fourth-order valence-corrected chi connectivity index (χ4v) is 8.83. The molecule has 13 nitrogen and oxygen atoms in total. The Labute approximate surface area is 381 Å². The highest BCUT2D eigenvalue weighted by Crippen LogP contribution is 2.47. The topological polar surface area (TPSA) is 226 Å². The van der Waals surface area contributed by atoms with Crippen LogP contribution in [0.3, 0.4) is 0 Å². The molecule has 63 heavy (non-hydrogen) atoms. The van der Waals surface area contributed by atoms with Crippen molar-refractivity contribution in [1.82, 2.24) is 5.32 Å². The quantitative estimate of drug-likeness (QED) is 0.0159. The van der Waals surface area contributed by atoms with Gasteiger partial charge in [-0.15, -0.1) is 0 Å². The molecule has 0 heterocycles. The predicted octanol–water partition coefficient (Wildman–Crippen LogP) is 8.92. The molecule has 1 saturated carbocycles. The summed E-state index contributed by atoms with van der Waals surface area (Å²) < 4.78 is 22.9. The van der Waals surface area contributed by atoms with Crippen LogP contribution in [-0.2, 0) is 18.4 Å². The Kier molecular flexibility index (Phi) is 36.5. The van der Waals surface area contributed by atoms with Gasteiger partial charge in [0.1, 0.15) is 36.6 Å². The van der Waals surface area contributed by atoms with Gasteiger partial charge in [-0.2, -0.15) is 0 Å². The monoisotopic (exact) mass is 918 g/mol. The zero-order valence-electron chi connectivity index (χ0n) is 39.2. The predicted molar refractivity (Wildman–Crippen MR) is 252 cm³/mol. The maximum atomic E-state index is 13.0. The third-order valence-corrected chi connectivity index (χ3v) is 12.9. The van der Waals surface area contributed by atoms with Crippen LogP contribution in [0.25, 0.3) is 0 Å². The van der Waals surface area contributed by atoms with Crippen molar-refractivity contribution in [2.24, 2.45) is 0 Å². The van der Waals surface area contributed by atoms with Crippen LogP contribution < -0.4 is 5.32 Å². The summed E-state index contributed by atoms with van der Waals surface area (Å²) in [5.74, 6) is -0.605. The van der Waals surface area contributed by atoms with Crippen LogP contribution in [0, 0.1) is 0 Å². The number of carbonyl (C=O) groups excluding carboxylic acids is 1. The summed E-state index contributed by atoms with van der Waals surface area (Å²) in [6.45, 7) is 3.72. The zero-order valence-corrected chi connectivity index (χ0v) is 40.1. The van der Waals surface area contributed by atoms with Gasteiger partial charge in [-0.3, -0.25) is 13.8 Å². The summed E-state index contributed by atoms with van der Waals surface area (Å²) in [6.07, 6.45) is 30.9. The number of hydrogen-bond donors (Lipinski definition) is 9. The third-order valence-electron chi connectivity index (χ3n) is 12.0. The molecule has 1 rings (SSSR count). The first-order valence-electron chi connectivity index (χ1n) is 25.0. The number of unbranched alkanes of at least 4 members (excludes halogenated alkanes) is 24. The number of phosphoric acid groups is 1. The largest absolute Gasteiger partial charge is 0.472 e. The molecule has 8 atom stereocenters. The molecular formula is C49H92NO12P. The molecule has 370 valence electrons. The van der Waals surface area contributed by atoms with Crippen molar-refractivity contribution in [2.75, 3.05) is 6.61 Å². The molecule has 8 unspecified atom stereocenters. The summed E-state index contributed by atoms with van der Waals surface area (Å²) in [7, 11) is -5.15. The van der Waals surface area contributed by atoms with E-state index in [4.69, 9.17) is 9.05 Å². The van der Waals surface area contributed by atoms with E-state index in [-0.39, 0.29) is 6.42 Å². The lowest BCUT2D eigenvalue weighted by atomic mass is 9.85. The molecule has 1 fully saturated rings. The smallest absolute Gasteiger partial charge is 0.393 e. The summed E-state index contributed by atoms with van der Waals surface area (Å²) in [5.41, 5.74) is 0. The van der Waals surface area contributed by atoms with Gasteiger partial charge in [0.15, 0.2) is 0 Å². The minimum atomic E-state index is -5.15. The molecular weight excluding hydrogens is 826 g/mol. The van der Waals surface area contributed by atoms with Gasteiger partial charge in [0.25, 0.3) is 0 Å². The number of nitrogens with one attached hydrogen (secondary N) is 1. The molecule has 1 aliphatic rings. The fourth-order valence-electron chi connectivity index (χ4n) is 7.86. The fraction of sp³-hybridized carbons (Fsp3) is 0.857. The van der Waals surface area contributed by atoms with Crippen molar-refractivity contribution in [3.63, 3.8) is 0 Å². The number of aliphatic hydroxyl groups excluding tert-OH is 7. The Morgan fingerprint density at radius 1 is 0.556 bits per heavy atom. The molecule has 0 spiro atoms. The highest BCUT2D eigenvalue weighted by atomic mass is 31.2. The average molecular weight is 918 g/mol. The standard InChI is InChI=1S/C49H92NO12P/c1-3-5-7-9-11-13-15-17-19-20-21-23-24-26-28-30-32-34-36-40(51)38-43(53)50-41(39-61-63(59,60)62-49-47(57)45(55)44(54)46(56)48(49)58)42(52)37-35-33-31-29-27-25-22-18-16-14-12-10-8-6-4-2/h16,18,27,29,35,37,40-42,44-49,51-52,54-58H,3-15,17,19-26,28,30-34,36,38-39H2,1-2H3,(H,50,53)(H,59,60)/b18-16+,29-27+,37-35+. The number of allylic oxidation sites excluding steroid dienone is 5. The van der Waals surface area contributed by atoms with Crippen molar-refractivity contribution >= 4 is 13.7 Å². The highest BCUT2D eigenvalue weighted by molar-refractivity contribution is 7.47. The number of aliphatic hydroxyl groups is 7. The van der Waals surface area contributed by atoms with E-state index in [9.17, 15) is 50.0 Å². The van der Waals surface area contributed by atoms with E-state index in [0.29, 0.717) is 19.3 Å². The van der Waals surface area contributed by atoms with Gasteiger partial charge in [-0.05, 0) is 44.9 Å². The molecule has 14 heteroatoms. The Morgan fingerprint density at radius 2 is 0.937 bits per heavy atom. The summed E-state index contributed by atoms with van der Waals surface area (Å²) >= 11 is 0. The molecule has 0 radical (unpaired) electrons. The summed E-state index contributed by atoms with van der Waals surface area (Å²) in [4.78, 5) is 23.5. The second-order valence-electron chi connectivity index (χ2n) is 17.8. The van der Waals surface area contributed by atoms with E-state index < -0.39 is 75.2 Å².